The van der Waals surface area contributed by atoms with Gasteiger partial charge in [-0.1, -0.05) is 72.8 Å². The van der Waals surface area contributed by atoms with Crippen molar-refractivity contribution in [3.05, 3.63) is 83.4 Å². The smallest absolute Gasteiger partial charge is 0.0236 e. The molecular formula is C20H21N. The lowest BCUT2D eigenvalue weighted by atomic mass is 10.1. The lowest BCUT2D eigenvalue weighted by Crippen LogP contribution is -2.20. The number of allylic oxidation sites excluding steroid dienone is 1. The maximum Gasteiger partial charge on any atom is 0.0236 e. The molecule has 0 aliphatic heterocycles. The second-order valence-corrected chi connectivity index (χ2v) is 5.60. The molecule has 1 heteroatoms. The third-order valence-electron chi connectivity index (χ3n) is 3.90. The molecular weight excluding hydrogens is 254 g/mol. The molecule has 0 saturated carbocycles. The van der Waals surface area contributed by atoms with E-state index < -0.39 is 0 Å². The minimum absolute atomic E-state index is 0.967. The van der Waals surface area contributed by atoms with Crippen molar-refractivity contribution < 1.29 is 0 Å². The third-order valence-corrected chi connectivity index (χ3v) is 3.90. The topological polar surface area (TPSA) is 3.24 Å². The van der Waals surface area contributed by atoms with Crippen LogP contribution in [0, 0.1) is 0 Å². The molecule has 0 saturated heterocycles. The molecule has 21 heavy (non-hydrogen) atoms. The van der Waals surface area contributed by atoms with Crippen molar-refractivity contribution in [2.24, 2.45) is 0 Å². The van der Waals surface area contributed by atoms with Gasteiger partial charge >= 0.3 is 0 Å². The molecule has 0 spiro atoms. The molecule has 0 atom stereocenters. The van der Waals surface area contributed by atoms with E-state index in [-0.39, 0.29) is 0 Å². The van der Waals surface area contributed by atoms with Gasteiger partial charge in [-0.2, -0.15) is 0 Å². The zero-order chi connectivity index (χ0) is 14.5. The van der Waals surface area contributed by atoms with Gasteiger partial charge in [-0.25, -0.2) is 0 Å². The number of benzene rings is 2. The van der Waals surface area contributed by atoms with E-state index in [9.17, 15) is 0 Å². The van der Waals surface area contributed by atoms with E-state index in [1.165, 1.54) is 22.3 Å². The minimum atomic E-state index is 0.967. The first-order chi connectivity index (χ1) is 10.3. The van der Waals surface area contributed by atoms with E-state index in [1.807, 2.05) is 6.07 Å². The van der Waals surface area contributed by atoms with Crippen molar-refractivity contribution in [1.29, 1.82) is 0 Å². The predicted molar refractivity (Wildman–Crippen MR) is 91.1 cm³/mol. The summed E-state index contributed by atoms with van der Waals surface area (Å²) in [6.07, 6.45) is 7.87. The van der Waals surface area contributed by atoms with Crippen molar-refractivity contribution >= 4 is 11.6 Å². The molecule has 0 fully saturated rings. The lowest BCUT2D eigenvalue weighted by Gasteiger charge is -2.16. The maximum atomic E-state index is 2.36. The number of likely N-dealkylation sites (N-methyl/N-ethyl adjacent to an activating group) is 1. The molecule has 0 radical (unpaired) electrons. The van der Waals surface area contributed by atoms with Gasteiger partial charge in [0, 0.05) is 13.1 Å². The summed E-state index contributed by atoms with van der Waals surface area (Å²) in [7, 11) is 2.18. The molecule has 106 valence electrons. The Bertz CT molecular complexity index is 653. The SMILES string of the molecule is CN(C/C=C/c1ccccc1)CC1=CCc2ccccc21. The highest BCUT2D eigenvalue weighted by Crippen LogP contribution is 2.27. The number of fused-ring (bicyclic) bond motifs is 1. The normalized spacial score (nSPS) is 13.7. The van der Waals surface area contributed by atoms with Gasteiger partial charge < -0.3 is 0 Å². The first-order valence-electron chi connectivity index (χ1n) is 7.50. The van der Waals surface area contributed by atoms with Crippen molar-refractivity contribution in [2.45, 2.75) is 6.42 Å². The van der Waals surface area contributed by atoms with Gasteiger partial charge in [0.05, 0.1) is 0 Å². The van der Waals surface area contributed by atoms with Crippen LogP contribution in [-0.4, -0.2) is 25.0 Å². The van der Waals surface area contributed by atoms with Gasteiger partial charge in [-0.3, -0.25) is 4.90 Å². The Morgan fingerprint density at radius 3 is 2.62 bits per heavy atom. The molecule has 2 aromatic carbocycles. The van der Waals surface area contributed by atoms with Crippen LogP contribution in [-0.2, 0) is 6.42 Å². The highest BCUT2D eigenvalue weighted by molar-refractivity contribution is 5.74. The summed E-state index contributed by atoms with van der Waals surface area (Å²) in [6.45, 7) is 1.98. The Kier molecular flexibility index (Phi) is 4.32. The predicted octanol–water partition coefficient (Wildman–Crippen LogP) is 4.27. The van der Waals surface area contributed by atoms with E-state index in [0.717, 1.165) is 19.5 Å². The van der Waals surface area contributed by atoms with Crippen LogP contribution in [0.1, 0.15) is 16.7 Å². The Morgan fingerprint density at radius 1 is 1.00 bits per heavy atom. The summed E-state index contributed by atoms with van der Waals surface area (Å²) in [5, 5.41) is 0. The van der Waals surface area contributed by atoms with Crippen LogP contribution in [0.4, 0.5) is 0 Å². The van der Waals surface area contributed by atoms with Gasteiger partial charge in [0.1, 0.15) is 0 Å². The Labute approximate surface area is 127 Å². The van der Waals surface area contributed by atoms with Crippen LogP contribution in [0.15, 0.2) is 66.7 Å². The van der Waals surface area contributed by atoms with Crippen molar-refractivity contribution in [2.75, 3.05) is 20.1 Å². The number of nitrogens with zero attached hydrogens (tertiary/aromatic N) is 1. The molecule has 0 aromatic heterocycles. The van der Waals surface area contributed by atoms with Crippen molar-refractivity contribution in [1.82, 2.24) is 4.90 Å². The molecule has 1 aliphatic rings. The maximum absolute atomic E-state index is 2.36. The van der Waals surface area contributed by atoms with Crippen LogP contribution in [0.3, 0.4) is 0 Å². The highest BCUT2D eigenvalue weighted by Gasteiger charge is 2.13. The van der Waals surface area contributed by atoms with Crippen LogP contribution >= 0.6 is 0 Å². The van der Waals surface area contributed by atoms with E-state index in [1.54, 1.807) is 0 Å². The number of hydrogen-bond donors (Lipinski definition) is 0. The summed E-state index contributed by atoms with van der Waals surface area (Å²) in [6, 6.07) is 19.2. The fourth-order valence-corrected chi connectivity index (χ4v) is 2.79. The molecule has 2 aromatic rings. The fourth-order valence-electron chi connectivity index (χ4n) is 2.79. The number of rotatable bonds is 5. The summed E-state index contributed by atoms with van der Waals surface area (Å²) >= 11 is 0. The molecule has 1 aliphatic carbocycles. The van der Waals surface area contributed by atoms with E-state index in [0.29, 0.717) is 0 Å². The van der Waals surface area contributed by atoms with Crippen LogP contribution in [0.25, 0.3) is 11.6 Å². The first kappa shape index (κ1) is 13.8. The van der Waals surface area contributed by atoms with Crippen LogP contribution in [0.2, 0.25) is 0 Å². The summed E-state index contributed by atoms with van der Waals surface area (Å²) in [4.78, 5) is 2.35. The van der Waals surface area contributed by atoms with Crippen molar-refractivity contribution in [3.8, 4) is 0 Å². The van der Waals surface area contributed by atoms with Gasteiger partial charge in [-0.15, -0.1) is 0 Å². The van der Waals surface area contributed by atoms with Crippen LogP contribution < -0.4 is 0 Å². The zero-order valence-electron chi connectivity index (χ0n) is 12.5. The molecule has 0 bridgehead atoms. The molecule has 0 unspecified atom stereocenters. The van der Waals surface area contributed by atoms with E-state index in [4.69, 9.17) is 0 Å². The highest BCUT2D eigenvalue weighted by atomic mass is 15.1. The summed E-state index contributed by atoms with van der Waals surface area (Å²) in [5.41, 5.74) is 5.61. The van der Waals surface area contributed by atoms with Gasteiger partial charge in [-0.05, 0) is 35.7 Å². The molecule has 0 heterocycles. The molecule has 3 rings (SSSR count). The van der Waals surface area contributed by atoms with Gasteiger partial charge in [0.15, 0.2) is 0 Å². The first-order valence-corrected chi connectivity index (χ1v) is 7.50. The average molecular weight is 275 g/mol. The molecule has 0 N–H and O–H groups in total. The Balaban J connectivity index is 1.56. The minimum Gasteiger partial charge on any atom is -0.298 e. The largest absolute Gasteiger partial charge is 0.298 e. The monoisotopic (exact) mass is 275 g/mol. The van der Waals surface area contributed by atoms with Gasteiger partial charge in [0.25, 0.3) is 0 Å². The average Bonchev–Trinajstić information content (AvgIpc) is 2.92. The lowest BCUT2D eigenvalue weighted by molar-refractivity contribution is 0.419. The number of hydrogen-bond acceptors (Lipinski definition) is 1. The Morgan fingerprint density at radius 2 is 1.76 bits per heavy atom. The fraction of sp³-hybridized carbons (Fsp3) is 0.200. The van der Waals surface area contributed by atoms with E-state index >= 15 is 0 Å². The molecule has 1 nitrogen and oxygen atoms in total. The third kappa shape index (κ3) is 3.50. The van der Waals surface area contributed by atoms with Gasteiger partial charge in [0.2, 0.25) is 0 Å². The quantitative estimate of drug-likeness (QED) is 0.787. The van der Waals surface area contributed by atoms with Crippen LogP contribution in [0.5, 0.6) is 0 Å². The zero-order valence-corrected chi connectivity index (χ0v) is 12.5. The second-order valence-electron chi connectivity index (χ2n) is 5.60. The van der Waals surface area contributed by atoms with Crippen molar-refractivity contribution in [3.63, 3.8) is 0 Å². The summed E-state index contributed by atoms with van der Waals surface area (Å²) in [5.74, 6) is 0. The molecule has 0 amide bonds. The Hall–Kier alpha value is -2.12. The van der Waals surface area contributed by atoms with E-state index in [2.05, 4.69) is 78.7 Å². The second kappa shape index (κ2) is 6.55. The summed E-state index contributed by atoms with van der Waals surface area (Å²) < 4.78 is 0. The standard InChI is InChI=1S/C20H21N/c1-21(15-7-10-17-8-3-2-4-9-17)16-19-14-13-18-11-5-6-12-20(18)19/h2-12,14H,13,15-16H2,1H3/b10-7+.